The van der Waals surface area contributed by atoms with Crippen LogP contribution in [0, 0.1) is 16.2 Å². The minimum atomic E-state index is 0.0615. The Labute approximate surface area is 158 Å². The molecule has 138 valence electrons. The quantitative estimate of drug-likeness (QED) is 0.557. The van der Waals surface area contributed by atoms with Gasteiger partial charge in [0.25, 0.3) is 0 Å². The fraction of sp³-hybridized carbons (Fsp3) is 0.625. The van der Waals surface area contributed by atoms with Crippen LogP contribution in [0.25, 0.3) is 0 Å². The SMILES string of the molecule is CC1(C)CC2=Nc3ccccc3NC34CC(C)(C)CC(C)(CC(=C23)C1)C4. The van der Waals surface area contributed by atoms with E-state index in [1.54, 1.807) is 11.1 Å². The van der Waals surface area contributed by atoms with Crippen LogP contribution in [0.1, 0.15) is 73.1 Å². The molecule has 5 rings (SSSR count). The van der Waals surface area contributed by atoms with Gasteiger partial charge in [0.05, 0.1) is 16.9 Å². The van der Waals surface area contributed by atoms with Crippen molar-refractivity contribution in [2.75, 3.05) is 5.32 Å². The molecule has 2 heteroatoms. The lowest BCUT2D eigenvalue weighted by Gasteiger charge is -2.59. The van der Waals surface area contributed by atoms with Gasteiger partial charge in [-0.1, -0.05) is 52.3 Å². The molecule has 2 atom stereocenters. The summed E-state index contributed by atoms with van der Waals surface area (Å²) >= 11 is 0. The first-order valence-corrected chi connectivity index (χ1v) is 10.3. The molecule has 2 unspecified atom stereocenters. The second-order valence-corrected chi connectivity index (χ2v) is 11.5. The number of benzene rings is 1. The maximum Gasteiger partial charge on any atom is 0.0864 e. The fourth-order valence-electron chi connectivity index (χ4n) is 7.27. The molecule has 1 aromatic carbocycles. The summed E-state index contributed by atoms with van der Waals surface area (Å²) in [7, 11) is 0. The topological polar surface area (TPSA) is 24.4 Å². The predicted molar refractivity (Wildman–Crippen MR) is 110 cm³/mol. The van der Waals surface area contributed by atoms with E-state index >= 15 is 0 Å². The van der Waals surface area contributed by atoms with Crippen LogP contribution in [-0.4, -0.2) is 11.3 Å². The van der Waals surface area contributed by atoms with Gasteiger partial charge < -0.3 is 5.32 Å². The Morgan fingerprint density at radius 1 is 0.846 bits per heavy atom. The highest BCUT2D eigenvalue weighted by Gasteiger charge is 2.57. The maximum atomic E-state index is 5.25. The Morgan fingerprint density at radius 3 is 2.42 bits per heavy atom. The molecular weight excluding hydrogens is 316 g/mol. The molecule has 0 amide bonds. The van der Waals surface area contributed by atoms with Crippen LogP contribution in [0.3, 0.4) is 0 Å². The Bertz CT molecular complexity index is 857. The molecule has 1 heterocycles. The highest BCUT2D eigenvalue weighted by molar-refractivity contribution is 6.08. The Morgan fingerprint density at radius 2 is 1.62 bits per heavy atom. The van der Waals surface area contributed by atoms with Gasteiger partial charge in [-0.3, -0.25) is 4.99 Å². The number of fused-ring (bicyclic) bond motifs is 2. The van der Waals surface area contributed by atoms with Gasteiger partial charge >= 0.3 is 0 Å². The maximum absolute atomic E-state index is 5.25. The van der Waals surface area contributed by atoms with E-state index in [1.807, 2.05) is 0 Å². The van der Waals surface area contributed by atoms with Crippen molar-refractivity contribution < 1.29 is 0 Å². The second-order valence-electron chi connectivity index (χ2n) is 11.5. The normalized spacial score (nSPS) is 36.3. The van der Waals surface area contributed by atoms with Crippen molar-refractivity contribution in [3.05, 3.63) is 35.4 Å². The van der Waals surface area contributed by atoms with Crippen molar-refractivity contribution in [1.82, 2.24) is 0 Å². The van der Waals surface area contributed by atoms with Crippen molar-refractivity contribution in [2.45, 2.75) is 78.7 Å². The van der Waals surface area contributed by atoms with Crippen molar-refractivity contribution >= 4 is 17.1 Å². The third-order valence-electron chi connectivity index (χ3n) is 7.05. The highest BCUT2D eigenvalue weighted by atomic mass is 15.1. The first kappa shape index (κ1) is 16.6. The molecule has 0 aromatic heterocycles. The number of rotatable bonds is 0. The van der Waals surface area contributed by atoms with Crippen LogP contribution in [0.2, 0.25) is 0 Å². The molecule has 0 radical (unpaired) electrons. The summed E-state index contributed by atoms with van der Waals surface area (Å²) in [6, 6.07) is 8.67. The molecular formula is C24H32N2. The molecule has 0 saturated heterocycles. The second kappa shape index (κ2) is 4.82. The number of hydrogen-bond acceptors (Lipinski definition) is 2. The van der Waals surface area contributed by atoms with E-state index in [9.17, 15) is 0 Å². The van der Waals surface area contributed by atoms with Crippen LogP contribution >= 0.6 is 0 Å². The Balaban J connectivity index is 1.80. The predicted octanol–water partition coefficient (Wildman–Crippen LogP) is 6.66. The third-order valence-corrected chi connectivity index (χ3v) is 7.05. The number of para-hydroxylation sites is 2. The Kier molecular flexibility index (Phi) is 3.08. The lowest BCUT2D eigenvalue weighted by molar-refractivity contribution is 0.0470. The molecule has 1 aromatic rings. The monoisotopic (exact) mass is 348 g/mol. The molecule has 1 saturated carbocycles. The molecule has 1 N–H and O–H groups in total. The van der Waals surface area contributed by atoms with Gasteiger partial charge in [-0.2, -0.15) is 0 Å². The number of anilines is 1. The number of nitrogens with one attached hydrogen (secondary N) is 1. The zero-order valence-electron chi connectivity index (χ0n) is 17.0. The summed E-state index contributed by atoms with van der Waals surface area (Å²) in [6.45, 7) is 12.3. The van der Waals surface area contributed by atoms with E-state index in [1.165, 1.54) is 43.5 Å². The zero-order valence-corrected chi connectivity index (χ0v) is 17.0. The van der Waals surface area contributed by atoms with Crippen LogP contribution < -0.4 is 5.32 Å². The standard InChI is InChI=1S/C24H32N2/c1-21(2)10-16-11-23(5)13-22(3,4)14-24(15-23)20(16)19(12-21)25-17-8-6-7-9-18(17)26-24/h6-9,26H,10-15H2,1-5H3. The summed E-state index contributed by atoms with van der Waals surface area (Å²) in [6.07, 6.45) is 7.37. The molecule has 1 fully saturated rings. The zero-order chi connectivity index (χ0) is 18.4. The van der Waals surface area contributed by atoms with E-state index in [2.05, 4.69) is 64.2 Å². The number of aliphatic imine (C=N–C) groups is 1. The smallest absolute Gasteiger partial charge is 0.0864 e. The fourth-order valence-corrected chi connectivity index (χ4v) is 7.27. The first-order chi connectivity index (χ1) is 12.1. The molecule has 4 aliphatic rings. The van der Waals surface area contributed by atoms with Gasteiger partial charge in [0.2, 0.25) is 0 Å². The van der Waals surface area contributed by atoms with Crippen molar-refractivity contribution in [3.63, 3.8) is 0 Å². The highest BCUT2D eigenvalue weighted by Crippen LogP contribution is 2.63. The molecule has 2 bridgehead atoms. The summed E-state index contributed by atoms with van der Waals surface area (Å²) in [4.78, 5) is 5.25. The van der Waals surface area contributed by atoms with Crippen LogP contribution in [0.4, 0.5) is 11.4 Å². The summed E-state index contributed by atoms with van der Waals surface area (Å²) in [5, 5.41) is 4.07. The third kappa shape index (κ3) is 2.41. The number of nitrogens with zero attached hydrogens (tertiary/aromatic N) is 1. The molecule has 3 aliphatic carbocycles. The average molecular weight is 349 g/mol. The minimum absolute atomic E-state index is 0.0615. The van der Waals surface area contributed by atoms with Crippen LogP contribution in [0.5, 0.6) is 0 Å². The summed E-state index contributed by atoms with van der Waals surface area (Å²) < 4.78 is 0. The number of allylic oxidation sites excluding steroid dienone is 1. The van der Waals surface area contributed by atoms with Crippen molar-refractivity contribution in [1.29, 1.82) is 0 Å². The van der Waals surface area contributed by atoms with Gasteiger partial charge in [-0.05, 0) is 72.5 Å². The van der Waals surface area contributed by atoms with E-state index < -0.39 is 0 Å². The van der Waals surface area contributed by atoms with E-state index in [-0.39, 0.29) is 5.54 Å². The van der Waals surface area contributed by atoms with Crippen LogP contribution in [-0.2, 0) is 0 Å². The number of hydrogen-bond donors (Lipinski definition) is 1. The Hall–Kier alpha value is -1.57. The van der Waals surface area contributed by atoms with E-state index in [0.717, 1.165) is 12.1 Å². The first-order valence-electron chi connectivity index (χ1n) is 10.3. The largest absolute Gasteiger partial charge is 0.374 e. The molecule has 2 nitrogen and oxygen atoms in total. The van der Waals surface area contributed by atoms with Crippen LogP contribution in [0.15, 0.2) is 40.4 Å². The van der Waals surface area contributed by atoms with Gasteiger partial charge in [0.15, 0.2) is 0 Å². The molecule has 26 heavy (non-hydrogen) atoms. The van der Waals surface area contributed by atoms with Gasteiger partial charge in [0.1, 0.15) is 0 Å². The average Bonchev–Trinajstić information content (AvgIpc) is 2.55. The van der Waals surface area contributed by atoms with E-state index in [0.29, 0.717) is 16.2 Å². The molecule has 1 aliphatic heterocycles. The van der Waals surface area contributed by atoms with E-state index in [4.69, 9.17) is 4.99 Å². The molecule has 1 spiro atoms. The van der Waals surface area contributed by atoms with Gasteiger partial charge in [-0.15, -0.1) is 0 Å². The summed E-state index contributed by atoms with van der Waals surface area (Å²) in [5.41, 5.74) is 8.14. The van der Waals surface area contributed by atoms with Crippen molar-refractivity contribution in [3.8, 4) is 0 Å². The minimum Gasteiger partial charge on any atom is -0.374 e. The lowest BCUT2D eigenvalue weighted by Crippen LogP contribution is -2.58. The summed E-state index contributed by atoms with van der Waals surface area (Å²) in [5.74, 6) is 0. The lowest BCUT2D eigenvalue weighted by atomic mass is 9.48. The van der Waals surface area contributed by atoms with Gasteiger partial charge in [-0.25, -0.2) is 0 Å². The van der Waals surface area contributed by atoms with Crippen molar-refractivity contribution in [2.24, 2.45) is 21.2 Å². The van der Waals surface area contributed by atoms with Gasteiger partial charge in [0, 0.05) is 5.71 Å².